The smallest absolute Gasteiger partial charge is 0.340 e. The summed E-state index contributed by atoms with van der Waals surface area (Å²) in [4.78, 5) is 19.9. The molecule has 0 aliphatic carbocycles. The topological polar surface area (TPSA) is 116 Å². The van der Waals surface area contributed by atoms with Crippen molar-refractivity contribution < 1.29 is 17.9 Å². The zero-order valence-electron chi connectivity index (χ0n) is 13.5. The molecule has 3 aromatic rings. The molecule has 0 atom stereocenters. The Morgan fingerprint density at radius 1 is 1.32 bits per heavy atom. The van der Waals surface area contributed by atoms with Gasteiger partial charge in [0.1, 0.15) is 0 Å². The minimum Gasteiger partial charge on any atom is -0.462 e. The Morgan fingerprint density at radius 3 is 2.84 bits per heavy atom. The van der Waals surface area contributed by atoms with Gasteiger partial charge < -0.3 is 4.74 Å². The monoisotopic (exact) mass is 361 g/mol. The van der Waals surface area contributed by atoms with E-state index in [4.69, 9.17) is 4.74 Å². The van der Waals surface area contributed by atoms with Crippen LogP contribution in [-0.2, 0) is 14.8 Å². The molecule has 0 saturated carbocycles. The lowest BCUT2D eigenvalue weighted by Crippen LogP contribution is -2.18. The van der Waals surface area contributed by atoms with Crippen LogP contribution >= 0.6 is 0 Å². The van der Waals surface area contributed by atoms with E-state index >= 15 is 0 Å². The molecule has 1 aromatic carbocycles. The van der Waals surface area contributed by atoms with Gasteiger partial charge in [0.2, 0.25) is 0 Å². The third-order valence-electron chi connectivity index (χ3n) is 3.34. The summed E-state index contributed by atoms with van der Waals surface area (Å²) in [5.74, 6) is -0.466. The molecule has 2 heterocycles. The third kappa shape index (κ3) is 3.29. The quantitative estimate of drug-likeness (QED) is 0.683. The molecule has 1 N–H and O–H groups in total. The van der Waals surface area contributed by atoms with Crippen LogP contribution in [0.1, 0.15) is 22.8 Å². The Bertz CT molecular complexity index is 1010. The third-order valence-corrected chi connectivity index (χ3v) is 4.47. The van der Waals surface area contributed by atoms with Gasteiger partial charge in [-0.2, -0.15) is 13.4 Å². The largest absolute Gasteiger partial charge is 0.462 e. The van der Waals surface area contributed by atoms with E-state index in [1.54, 1.807) is 32.0 Å². The average Bonchev–Trinajstić information content (AvgIpc) is 3.02. The number of aromatic nitrogens is 4. The second kappa shape index (κ2) is 6.48. The van der Waals surface area contributed by atoms with Crippen molar-refractivity contribution in [1.82, 2.24) is 19.6 Å². The molecule has 0 saturated heterocycles. The second-order valence-electron chi connectivity index (χ2n) is 5.08. The van der Waals surface area contributed by atoms with E-state index in [0.29, 0.717) is 5.56 Å². The van der Waals surface area contributed by atoms with E-state index in [0.717, 1.165) is 0 Å². The molecule has 0 bridgehead atoms. The van der Waals surface area contributed by atoms with Crippen LogP contribution in [0.25, 0.3) is 5.78 Å². The maximum absolute atomic E-state index is 12.6. The number of hydrogen-bond donors (Lipinski definition) is 1. The van der Waals surface area contributed by atoms with Gasteiger partial charge in [0.25, 0.3) is 21.0 Å². The van der Waals surface area contributed by atoms with E-state index in [9.17, 15) is 13.2 Å². The van der Waals surface area contributed by atoms with Crippen LogP contribution in [0, 0.1) is 6.92 Å². The first kappa shape index (κ1) is 16.8. The Balaban J connectivity index is 2.02. The SMILES string of the molecule is CCOC(=O)c1cccc(C)c1NS(=O)(=O)c1nc2ncccn2n1. The number of para-hydroxylation sites is 1. The average molecular weight is 361 g/mol. The van der Waals surface area contributed by atoms with E-state index in [-0.39, 0.29) is 23.6 Å². The molecule has 0 radical (unpaired) electrons. The first-order chi connectivity index (χ1) is 11.9. The lowest BCUT2D eigenvalue weighted by Gasteiger charge is -2.13. The molecule has 0 amide bonds. The number of nitrogens with one attached hydrogen (secondary N) is 1. The maximum Gasteiger partial charge on any atom is 0.340 e. The van der Waals surface area contributed by atoms with Crippen LogP contribution in [0.15, 0.2) is 41.8 Å². The van der Waals surface area contributed by atoms with Crippen molar-refractivity contribution in [3.63, 3.8) is 0 Å². The molecule has 0 aliphatic heterocycles. The number of carbonyl (C=O) groups excluding carboxylic acids is 1. The Kier molecular flexibility index (Phi) is 4.36. The fourth-order valence-electron chi connectivity index (χ4n) is 2.19. The second-order valence-corrected chi connectivity index (χ2v) is 6.66. The van der Waals surface area contributed by atoms with Gasteiger partial charge in [0, 0.05) is 12.4 Å². The molecule has 2 aromatic heterocycles. The van der Waals surface area contributed by atoms with Crippen molar-refractivity contribution in [1.29, 1.82) is 0 Å². The molecule has 0 fully saturated rings. The van der Waals surface area contributed by atoms with E-state index in [2.05, 4.69) is 19.8 Å². The number of nitrogens with zero attached hydrogens (tertiary/aromatic N) is 4. The number of rotatable bonds is 5. The molecular formula is C15H15N5O4S. The summed E-state index contributed by atoms with van der Waals surface area (Å²) in [7, 11) is -4.11. The van der Waals surface area contributed by atoms with Gasteiger partial charge in [-0.3, -0.25) is 4.72 Å². The zero-order valence-corrected chi connectivity index (χ0v) is 14.3. The Morgan fingerprint density at radius 2 is 2.12 bits per heavy atom. The number of fused-ring (bicyclic) bond motifs is 1. The molecule has 25 heavy (non-hydrogen) atoms. The molecule has 130 valence electrons. The Labute approximate surface area is 143 Å². The van der Waals surface area contributed by atoms with Crippen molar-refractivity contribution >= 4 is 27.5 Å². The van der Waals surface area contributed by atoms with Crippen LogP contribution < -0.4 is 4.72 Å². The van der Waals surface area contributed by atoms with Crippen molar-refractivity contribution in [2.75, 3.05) is 11.3 Å². The van der Waals surface area contributed by atoms with Crippen molar-refractivity contribution in [3.05, 3.63) is 47.8 Å². The number of anilines is 1. The molecule has 0 aliphatic rings. The molecule has 0 unspecified atom stereocenters. The highest BCUT2D eigenvalue weighted by Gasteiger charge is 2.25. The van der Waals surface area contributed by atoms with Crippen LogP contribution in [0.3, 0.4) is 0 Å². The van der Waals surface area contributed by atoms with Crippen LogP contribution in [-0.4, -0.2) is 40.6 Å². The molecule has 0 spiro atoms. The number of sulfonamides is 1. The van der Waals surface area contributed by atoms with E-state index in [1.165, 1.54) is 23.0 Å². The lowest BCUT2D eigenvalue weighted by molar-refractivity contribution is 0.0527. The number of benzene rings is 1. The number of hydrogen-bond acceptors (Lipinski definition) is 7. The summed E-state index contributed by atoms with van der Waals surface area (Å²) in [5.41, 5.74) is 0.816. The van der Waals surface area contributed by atoms with Gasteiger partial charge in [0.05, 0.1) is 17.9 Å². The van der Waals surface area contributed by atoms with Gasteiger partial charge >= 0.3 is 5.97 Å². The first-order valence-electron chi connectivity index (χ1n) is 7.39. The van der Waals surface area contributed by atoms with Crippen LogP contribution in [0.2, 0.25) is 0 Å². The highest BCUT2D eigenvalue weighted by molar-refractivity contribution is 7.92. The van der Waals surface area contributed by atoms with Crippen LogP contribution in [0.5, 0.6) is 0 Å². The molecular weight excluding hydrogens is 346 g/mol. The normalized spacial score (nSPS) is 11.4. The summed E-state index contributed by atoms with van der Waals surface area (Å²) in [6, 6.07) is 6.42. The summed E-state index contributed by atoms with van der Waals surface area (Å²) < 4.78 is 33.9. The number of ether oxygens (including phenoxy) is 1. The highest BCUT2D eigenvalue weighted by atomic mass is 32.2. The highest BCUT2D eigenvalue weighted by Crippen LogP contribution is 2.24. The summed E-state index contributed by atoms with van der Waals surface area (Å²) in [6.45, 7) is 3.53. The van der Waals surface area contributed by atoms with Gasteiger partial charge in [0.15, 0.2) is 0 Å². The fraction of sp³-hybridized carbons (Fsp3) is 0.200. The summed E-state index contributed by atoms with van der Waals surface area (Å²) >= 11 is 0. The standard InChI is InChI=1S/C15H15N5O4S/c1-3-24-13(21)11-7-4-6-10(2)12(11)19-25(22,23)15-17-14-16-8-5-9-20(14)18-15/h4-9,19H,3H2,1-2H3. The first-order valence-corrected chi connectivity index (χ1v) is 8.87. The summed E-state index contributed by atoms with van der Waals surface area (Å²) in [6.07, 6.45) is 3.01. The summed E-state index contributed by atoms with van der Waals surface area (Å²) in [5, 5.41) is 3.46. The number of carbonyl (C=O) groups is 1. The fourth-order valence-corrected chi connectivity index (χ4v) is 3.22. The minimum atomic E-state index is -4.11. The van der Waals surface area contributed by atoms with Gasteiger partial charge in [-0.05, 0) is 31.5 Å². The zero-order chi connectivity index (χ0) is 18.0. The number of aryl methyl sites for hydroxylation is 1. The van der Waals surface area contributed by atoms with Gasteiger partial charge in [-0.25, -0.2) is 14.3 Å². The minimum absolute atomic E-state index is 0.118. The predicted molar refractivity (Wildman–Crippen MR) is 88.7 cm³/mol. The molecule has 10 heteroatoms. The van der Waals surface area contributed by atoms with Crippen LogP contribution in [0.4, 0.5) is 5.69 Å². The molecule has 9 nitrogen and oxygen atoms in total. The van der Waals surface area contributed by atoms with Crippen molar-refractivity contribution in [2.45, 2.75) is 19.0 Å². The predicted octanol–water partition coefficient (Wildman–Crippen LogP) is 1.41. The van der Waals surface area contributed by atoms with E-state index < -0.39 is 21.1 Å². The van der Waals surface area contributed by atoms with Crippen molar-refractivity contribution in [2.24, 2.45) is 0 Å². The van der Waals surface area contributed by atoms with Crippen molar-refractivity contribution in [3.8, 4) is 0 Å². The molecule has 3 rings (SSSR count). The number of esters is 1. The Hall–Kier alpha value is -3.01. The lowest BCUT2D eigenvalue weighted by atomic mass is 10.1. The van der Waals surface area contributed by atoms with Gasteiger partial charge in [-0.15, -0.1) is 5.10 Å². The maximum atomic E-state index is 12.6. The van der Waals surface area contributed by atoms with Gasteiger partial charge in [-0.1, -0.05) is 12.1 Å². The van der Waals surface area contributed by atoms with E-state index in [1.807, 2.05) is 0 Å².